The van der Waals surface area contributed by atoms with Crippen molar-refractivity contribution < 1.29 is 9.53 Å². The number of hydrogen-bond acceptors (Lipinski definition) is 4. The summed E-state index contributed by atoms with van der Waals surface area (Å²) in [6.07, 6.45) is 5.01. The zero-order valence-electron chi connectivity index (χ0n) is 11.3. The second-order valence-electron chi connectivity index (χ2n) is 4.73. The molecule has 20 heavy (non-hydrogen) atoms. The summed E-state index contributed by atoms with van der Waals surface area (Å²) < 4.78 is 7.34. The highest BCUT2D eigenvalue weighted by molar-refractivity contribution is 5.92. The lowest BCUT2D eigenvalue weighted by Crippen LogP contribution is -2.42. The number of aromatic nitrogens is 3. The SMILES string of the molecule is Cn1nccc1C(=O)N1CCO[C@H](c2ccncc2)C1. The fourth-order valence-corrected chi connectivity index (χ4v) is 2.36. The number of aryl methyl sites for hydroxylation is 1. The highest BCUT2D eigenvalue weighted by Gasteiger charge is 2.27. The molecular formula is C14H16N4O2. The summed E-state index contributed by atoms with van der Waals surface area (Å²) >= 11 is 0. The van der Waals surface area contributed by atoms with E-state index in [1.165, 1.54) is 0 Å². The minimum absolute atomic E-state index is 0.00708. The molecule has 0 unspecified atom stereocenters. The maximum atomic E-state index is 12.5. The van der Waals surface area contributed by atoms with Gasteiger partial charge in [0.05, 0.1) is 13.2 Å². The number of nitrogens with zero attached hydrogens (tertiary/aromatic N) is 4. The Morgan fingerprint density at radius 1 is 1.30 bits per heavy atom. The normalized spacial score (nSPS) is 19.1. The van der Waals surface area contributed by atoms with Crippen LogP contribution in [0.4, 0.5) is 0 Å². The van der Waals surface area contributed by atoms with E-state index in [9.17, 15) is 4.79 Å². The van der Waals surface area contributed by atoms with Gasteiger partial charge in [-0.05, 0) is 23.8 Å². The van der Waals surface area contributed by atoms with E-state index in [0.717, 1.165) is 5.56 Å². The van der Waals surface area contributed by atoms with Gasteiger partial charge >= 0.3 is 0 Å². The first-order chi connectivity index (χ1) is 9.75. The molecule has 0 radical (unpaired) electrons. The van der Waals surface area contributed by atoms with Crippen LogP contribution in [0.1, 0.15) is 22.2 Å². The Balaban J connectivity index is 1.76. The van der Waals surface area contributed by atoms with Crippen molar-refractivity contribution in [3.8, 4) is 0 Å². The Morgan fingerprint density at radius 2 is 2.10 bits per heavy atom. The number of hydrogen-bond donors (Lipinski definition) is 0. The molecule has 0 spiro atoms. The molecule has 0 aliphatic carbocycles. The molecular weight excluding hydrogens is 256 g/mol. The van der Waals surface area contributed by atoms with Gasteiger partial charge in [-0.25, -0.2) is 0 Å². The molecule has 3 heterocycles. The van der Waals surface area contributed by atoms with Crippen LogP contribution in [0.5, 0.6) is 0 Å². The largest absolute Gasteiger partial charge is 0.370 e. The first-order valence-electron chi connectivity index (χ1n) is 6.54. The van der Waals surface area contributed by atoms with Crippen LogP contribution < -0.4 is 0 Å². The second-order valence-corrected chi connectivity index (χ2v) is 4.73. The molecule has 6 heteroatoms. The predicted octanol–water partition coefficient (Wildman–Crippen LogP) is 1.03. The molecule has 1 atom stereocenters. The van der Waals surface area contributed by atoms with Gasteiger partial charge in [0.2, 0.25) is 0 Å². The van der Waals surface area contributed by atoms with E-state index in [-0.39, 0.29) is 12.0 Å². The molecule has 6 nitrogen and oxygen atoms in total. The van der Waals surface area contributed by atoms with Gasteiger partial charge in [0.15, 0.2) is 0 Å². The molecule has 1 aliphatic rings. The van der Waals surface area contributed by atoms with Crippen LogP contribution in [0.25, 0.3) is 0 Å². The van der Waals surface area contributed by atoms with E-state index in [4.69, 9.17) is 4.74 Å². The first-order valence-corrected chi connectivity index (χ1v) is 6.54. The smallest absolute Gasteiger partial charge is 0.272 e. The summed E-state index contributed by atoms with van der Waals surface area (Å²) in [5.74, 6) is -0.00708. The first kappa shape index (κ1) is 12.8. The molecule has 3 rings (SSSR count). The van der Waals surface area contributed by atoms with Crippen molar-refractivity contribution in [1.82, 2.24) is 19.7 Å². The lowest BCUT2D eigenvalue weighted by atomic mass is 10.1. The van der Waals surface area contributed by atoms with Gasteiger partial charge in [0.1, 0.15) is 11.8 Å². The zero-order chi connectivity index (χ0) is 13.9. The molecule has 1 fully saturated rings. The fourth-order valence-electron chi connectivity index (χ4n) is 2.36. The third kappa shape index (κ3) is 2.42. The standard InChI is InChI=1S/C14H16N4O2/c1-17-12(4-7-16-17)14(19)18-8-9-20-13(10-18)11-2-5-15-6-3-11/h2-7,13H,8-10H2,1H3/t13-/m0/s1. The molecule has 2 aromatic heterocycles. The Labute approximate surface area is 117 Å². The van der Waals surface area contributed by atoms with Crippen LogP contribution >= 0.6 is 0 Å². The van der Waals surface area contributed by atoms with Gasteiger partial charge in [0, 0.05) is 32.2 Å². The van der Waals surface area contributed by atoms with Crippen molar-refractivity contribution in [2.75, 3.05) is 19.7 Å². The number of carbonyl (C=O) groups excluding carboxylic acids is 1. The Morgan fingerprint density at radius 3 is 2.80 bits per heavy atom. The number of morpholine rings is 1. The number of carbonyl (C=O) groups is 1. The highest BCUT2D eigenvalue weighted by atomic mass is 16.5. The van der Waals surface area contributed by atoms with Crippen LogP contribution in [0.15, 0.2) is 36.8 Å². The minimum atomic E-state index is -0.0936. The monoisotopic (exact) mass is 272 g/mol. The highest BCUT2D eigenvalue weighted by Crippen LogP contribution is 2.22. The van der Waals surface area contributed by atoms with E-state index in [1.807, 2.05) is 17.0 Å². The zero-order valence-corrected chi connectivity index (χ0v) is 11.3. The van der Waals surface area contributed by atoms with Crippen LogP contribution in [-0.4, -0.2) is 45.3 Å². The van der Waals surface area contributed by atoms with Crippen LogP contribution in [0, 0.1) is 0 Å². The predicted molar refractivity (Wildman–Crippen MR) is 72.0 cm³/mol. The van der Waals surface area contributed by atoms with Crippen molar-refractivity contribution in [2.24, 2.45) is 7.05 Å². The summed E-state index contributed by atoms with van der Waals surface area (Å²) in [6.45, 7) is 1.69. The van der Waals surface area contributed by atoms with Crippen molar-refractivity contribution in [1.29, 1.82) is 0 Å². The molecule has 1 aliphatic heterocycles. The van der Waals surface area contributed by atoms with Crippen molar-refractivity contribution in [3.63, 3.8) is 0 Å². The van der Waals surface area contributed by atoms with E-state index in [1.54, 1.807) is 36.4 Å². The molecule has 1 amide bonds. The number of pyridine rings is 1. The summed E-state index contributed by atoms with van der Waals surface area (Å²) in [7, 11) is 1.77. The van der Waals surface area contributed by atoms with Crippen LogP contribution in [0.2, 0.25) is 0 Å². The Bertz CT molecular complexity index is 596. The quantitative estimate of drug-likeness (QED) is 0.819. The molecule has 0 N–H and O–H groups in total. The van der Waals surface area contributed by atoms with Gasteiger partial charge in [-0.15, -0.1) is 0 Å². The summed E-state index contributed by atoms with van der Waals surface area (Å²) in [6, 6.07) is 5.57. The Hall–Kier alpha value is -2.21. The van der Waals surface area contributed by atoms with Gasteiger partial charge in [0.25, 0.3) is 5.91 Å². The van der Waals surface area contributed by atoms with Gasteiger partial charge < -0.3 is 9.64 Å². The maximum absolute atomic E-state index is 12.5. The number of rotatable bonds is 2. The summed E-state index contributed by atoms with van der Waals surface area (Å²) in [5, 5.41) is 4.04. The molecule has 0 saturated carbocycles. The fraction of sp³-hybridized carbons (Fsp3) is 0.357. The number of amides is 1. The van der Waals surface area contributed by atoms with Gasteiger partial charge in [-0.1, -0.05) is 0 Å². The van der Waals surface area contributed by atoms with E-state index < -0.39 is 0 Å². The van der Waals surface area contributed by atoms with E-state index in [0.29, 0.717) is 25.4 Å². The van der Waals surface area contributed by atoms with Crippen LogP contribution in [0.3, 0.4) is 0 Å². The van der Waals surface area contributed by atoms with Crippen molar-refractivity contribution >= 4 is 5.91 Å². The molecule has 0 aromatic carbocycles. The number of ether oxygens (including phenoxy) is 1. The third-order valence-electron chi connectivity index (χ3n) is 3.47. The average Bonchev–Trinajstić information content (AvgIpc) is 2.94. The summed E-state index contributed by atoms with van der Waals surface area (Å²) in [5.41, 5.74) is 1.64. The van der Waals surface area contributed by atoms with Gasteiger partial charge in [-0.3, -0.25) is 14.5 Å². The lowest BCUT2D eigenvalue weighted by molar-refractivity contribution is -0.0232. The van der Waals surface area contributed by atoms with Crippen molar-refractivity contribution in [2.45, 2.75) is 6.10 Å². The third-order valence-corrected chi connectivity index (χ3v) is 3.47. The molecule has 104 valence electrons. The second kappa shape index (κ2) is 5.42. The van der Waals surface area contributed by atoms with Crippen molar-refractivity contribution in [3.05, 3.63) is 48.0 Å². The maximum Gasteiger partial charge on any atom is 0.272 e. The van der Waals surface area contributed by atoms with E-state index in [2.05, 4.69) is 10.1 Å². The Kier molecular flexibility index (Phi) is 3.47. The van der Waals surface area contributed by atoms with Crippen LogP contribution in [-0.2, 0) is 11.8 Å². The molecule has 2 aromatic rings. The molecule has 1 saturated heterocycles. The van der Waals surface area contributed by atoms with E-state index >= 15 is 0 Å². The average molecular weight is 272 g/mol. The lowest BCUT2D eigenvalue weighted by Gasteiger charge is -2.33. The topological polar surface area (TPSA) is 60.2 Å². The summed E-state index contributed by atoms with van der Waals surface area (Å²) in [4.78, 5) is 18.3. The molecule has 0 bridgehead atoms. The van der Waals surface area contributed by atoms with Gasteiger partial charge in [-0.2, -0.15) is 5.10 Å². The minimum Gasteiger partial charge on any atom is -0.370 e.